The molecule has 0 aliphatic heterocycles. The number of guanidine groups is 1. The van der Waals surface area contributed by atoms with Gasteiger partial charge in [-0.1, -0.05) is 12.1 Å². The van der Waals surface area contributed by atoms with E-state index in [0.29, 0.717) is 11.5 Å². The summed E-state index contributed by atoms with van der Waals surface area (Å²) in [6.45, 7) is 1.84. The summed E-state index contributed by atoms with van der Waals surface area (Å²) in [5, 5.41) is 6.40. The lowest BCUT2D eigenvalue weighted by Crippen LogP contribution is -2.72. The highest BCUT2D eigenvalue weighted by Gasteiger charge is 2.14. The second-order valence-corrected chi connectivity index (χ2v) is 6.46. The number of furan rings is 1. The van der Waals surface area contributed by atoms with Crippen molar-refractivity contribution in [3.05, 3.63) is 54.0 Å². The second-order valence-electron chi connectivity index (χ2n) is 4.69. The number of rotatable bonds is 6. The maximum absolute atomic E-state index is 12.2. The number of sulfonamides is 1. The minimum Gasteiger partial charge on any atom is -0.468 e. The molecule has 1 aromatic carbocycles. The third-order valence-electron chi connectivity index (χ3n) is 2.95. The summed E-state index contributed by atoms with van der Waals surface area (Å²) in [5.74, 6) is 0.514. The third-order valence-corrected chi connectivity index (χ3v) is 4.37. The fourth-order valence-electron chi connectivity index (χ4n) is 1.75. The average molecular weight is 336 g/mol. The van der Waals surface area contributed by atoms with E-state index in [4.69, 9.17) is 15.9 Å². The zero-order chi connectivity index (χ0) is 16.9. The molecule has 0 unspecified atom stereocenters. The topological polar surface area (TPSA) is 138 Å². The summed E-state index contributed by atoms with van der Waals surface area (Å²) in [7, 11) is -3.61. The van der Waals surface area contributed by atoms with Crippen molar-refractivity contribution in [2.75, 3.05) is 0 Å². The summed E-state index contributed by atoms with van der Waals surface area (Å²) in [4.78, 5) is 0.151. The Bertz CT molecular complexity index is 805. The van der Waals surface area contributed by atoms with E-state index < -0.39 is 10.0 Å². The lowest BCUT2D eigenvalue weighted by molar-refractivity contribution is -0.464. The summed E-state index contributed by atoms with van der Waals surface area (Å²) in [6.07, 6.45) is 1.49. The molecule has 122 valence electrons. The van der Waals surface area contributed by atoms with Crippen molar-refractivity contribution in [3.8, 4) is 0 Å². The van der Waals surface area contributed by atoms with Crippen LogP contribution in [0.5, 0.6) is 0 Å². The monoisotopic (exact) mass is 336 g/mol. The lowest BCUT2D eigenvalue weighted by Gasteiger charge is -2.06. The molecular weight excluding hydrogens is 318 g/mol. The predicted molar refractivity (Wildman–Crippen MR) is 85.7 cm³/mol. The zero-order valence-electron chi connectivity index (χ0n) is 12.5. The van der Waals surface area contributed by atoms with Gasteiger partial charge in [-0.2, -0.15) is 5.10 Å². The number of hydrogen-bond donors (Lipinski definition) is 4. The van der Waals surface area contributed by atoms with Gasteiger partial charge in [0.15, 0.2) is 0 Å². The fraction of sp³-hybridized carbons (Fsp3) is 0.143. The minimum atomic E-state index is -3.61. The highest BCUT2D eigenvalue weighted by Crippen LogP contribution is 2.12. The molecule has 6 N–H and O–H groups in total. The summed E-state index contributed by atoms with van der Waals surface area (Å²) < 4.78 is 31.9. The first-order chi connectivity index (χ1) is 10.9. The fourth-order valence-corrected chi connectivity index (χ4v) is 2.74. The van der Waals surface area contributed by atoms with E-state index in [-0.39, 0.29) is 17.4 Å². The van der Waals surface area contributed by atoms with E-state index in [0.717, 1.165) is 5.56 Å². The predicted octanol–water partition coefficient (Wildman–Crippen LogP) is -1.16. The molecule has 0 radical (unpaired) electrons. The van der Waals surface area contributed by atoms with Gasteiger partial charge >= 0.3 is 5.96 Å². The van der Waals surface area contributed by atoms with Gasteiger partial charge in [-0.05, 0) is 36.8 Å². The molecule has 0 bridgehead atoms. The van der Waals surface area contributed by atoms with E-state index >= 15 is 0 Å². The van der Waals surface area contributed by atoms with Crippen LogP contribution in [0.25, 0.3) is 0 Å². The van der Waals surface area contributed by atoms with Gasteiger partial charge in [-0.3, -0.25) is 11.5 Å². The van der Waals surface area contributed by atoms with Crippen LogP contribution in [0.3, 0.4) is 0 Å². The molecule has 0 fully saturated rings. The summed E-state index contributed by atoms with van der Waals surface area (Å²) in [6, 6.07) is 9.67. The molecule has 8 nitrogen and oxygen atoms in total. The highest BCUT2D eigenvalue weighted by atomic mass is 32.2. The molecule has 0 saturated carbocycles. The van der Waals surface area contributed by atoms with E-state index in [1.165, 1.54) is 18.4 Å². The lowest BCUT2D eigenvalue weighted by atomic mass is 10.1. The molecule has 23 heavy (non-hydrogen) atoms. The Morgan fingerprint density at radius 3 is 2.52 bits per heavy atom. The first-order valence-corrected chi connectivity index (χ1v) is 8.17. The molecule has 2 aromatic rings. The van der Waals surface area contributed by atoms with Crippen LogP contribution in [0.15, 0.2) is 57.1 Å². The van der Waals surface area contributed by atoms with Crippen LogP contribution in [0, 0.1) is 0 Å². The van der Waals surface area contributed by atoms with Crippen molar-refractivity contribution in [3.63, 3.8) is 0 Å². The second kappa shape index (κ2) is 7.07. The normalized spacial score (nSPS) is 12.1. The Labute approximate surface area is 133 Å². The van der Waals surface area contributed by atoms with Gasteiger partial charge in [0.1, 0.15) is 5.76 Å². The number of hydrogen-bond acceptors (Lipinski definition) is 4. The maximum Gasteiger partial charge on any atom is 0.362 e. The first kappa shape index (κ1) is 16.7. The van der Waals surface area contributed by atoms with Crippen molar-refractivity contribution in [2.45, 2.75) is 18.4 Å². The van der Waals surface area contributed by atoms with Crippen LogP contribution in [0.4, 0.5) is 0 Å². The zero-order valence-corrected chi connectivity index (χ0v) is 13.3. The quantitative estimate of drug-likeness (QED) is 0.299. The molecule has 0 spiro atoms. The molecule has 0 aliphatic rings. The van der Waals surface area contributed by atoms with Gasteiger partial charge in [0, 0.05) is 0 Å². The SMILES string of the molecule is C/C(=N/[NH+]=C(N)N)c1ccc(S(=O)(=O)NCc2ccco2)cc1. The van der Waals surface area contributed by atoms with Crippen LogP contribution in [0.2, 0.25) is 0 Å². The Morgan fingerprint density at radius 1 is 1.26 bits per heavy atom. The van der Waals surface area contributed by atoms with Gasteiger partial charge in [-0.25, -0.2) is 13.1 Å². The molecule has 1 heterocycles. The smallest absolute Gasteiger partial charge is 0.362 e. The van der Waals surface area contributed by atoms with Gasteiger partial charge < -0.3 is 4.42 Å². The summed E-state index contributed by atoms with van der Waals surface area (Å²) in [5.41, 5.74) is 11.9. The number of nitrogens with one attached hydrogen (secondary N) is 2. The number of hydrazone groups is 1. The molecule has 0 aliphatic carbocycles. The molecule has 9 heteroatoms. The number of nitrogens with two attached hydrogens (primary N) is 2. The van der Waals surface area contributed by atoms with Crippen LogP contribution >= 0.6 is 0 Å². The van der Waals surface area contributed by atoms with Crippen molar-refractivity contribution in [1.82, 2.24) is 4.72 Å². The largest absolute Gasteiger partial charge is 0.468 e. The Hall–Kier alpha value is -2.65. The first-order valence-electron chi connectivity index (χ1n) is 6.69. The van der Waals surface area contributed by atoms with Crippen LogP contribution in [-0.4, -0.2) is 20.1 Å². The minimum absolute atomic E-state index is 0.0225. The molecular formula is C14H18N5O3S+. The Balaban J connectivity index is 2.12. The molecule has 2 rings (SSSR count). The Kier molecular flexibility index (Phi) is 5.14. The maximum atomic E-state index is 12.2. The molecule has 1 aromatic heterocycles. The van der Waals surface area contributed by atoms with Crippen LogP contribution in [0.1, 0.15) is 18.2 Å². The molecule has 0 amide bonds. The van der Waals surface area contributed by atoms with Crippen molar-refractivity contribution < 1.29 is 17.9 Å². The average Bonchev–Trinajstić information content (AvgIpc) is 3.04. The van der Waals surface area contributed by atoms with Crippen LogP contribution in [-0.2, 0) is 16.6 Å². The van der Waals surface area contributed by atoms with Gasteiger partial charge in [-0.15, -0.1) is 5.10 Å². The standard InChI is InChI=1S/C14H17N5O3S/c1-10(18-19-14(15)16)11-4-6-13(7-5-11)23(20,21)17-9-12-3-2-8-22-12/h2-8,17H,9H2,1H3,(H4,15,16,19)/p+1/b18-10-. The Morgan fingerprint density at radius 2 is 1.96 bits per heavy atom. The third kappa shape index (κ3) is 4.66. The van der Waals surface area contributed by atoms with E-state index in [9.17, 15) is 8.42 Å². The summed E-state index contributed by atoms with van der Waals surface area (Å²) >= 11 is 0. The van der Waals surface area contributed by atoms with Crippen molar-refractivity contribution in [2.24, 2.45) is 16.6 Å². The van der Waals surface area contributed by atoms with Crippen molar-refractivity contribution >= 4 is 21.7 Å². The van der Waals surface area contributed by atoms with Gasteiger partial charge in [0.05, 0.1) is 23.4 Å². The van der Waals surface area contributed by atoms with Gasteiger partial charge in [0.25, 0.3) is 0 Å². The molecule has 0 atom stereocenters. The van der Waals surface area contributed by atoms with E-state index in [1.54, 1.807) is 31.2 Å². The number of benzene rings is 1. The number of nitrogens with zero attached hydrogens (tertiary/aromatic N) is 1. The van der Waals surface area contributed by atoms with Crippen molar-refractivity contribution in [1.29, 1.82) is 0 Å². The van der Waals surface area contributed by atoms with Gasteiger partial charge in [0.2, 0.25) is 10.0 Å². The van der Waals surface area contributed by atoms with E-state index in [1.807, 2.05) is 0 Å². The van der Waals surface area contributed by atoms with E-state index in [2.05, 4.69) is 14.9 Å². The molecule has 0 saturated heterocycles. The van der Waals surface area contributed by atoms with Crippen LogP contribution < -0.4 is 21.3 Å². The highest BCUT2D eigenvalue weighted by molar-refractivity contribution is 7.89.